The lowest BCUT2D eigenvalue weighted by Crippen LogP contribution is -2.34. The molecule has 0 saturated carbocycles. The van der Waals surface area contributed by atoms with E-state index in [1.165, 1.54) is 6.20 Å². The smallest absolute Gasteiger partial charge is 0.143 e. The lowest BCUT2D eigenvalue weighted by atomic mass is 10.1. The summed E-state index contributed by atoms with van der Waals surface area (Å²) in [6.45, 7) is 1.98. The predicted molar refractivity (Wildman–Crippen MR) is 74.7 cm³/mol. The minimum atomic E-state index is 0. The van der Waals surface area contributed by atoms with Crippen LogP contribution in [0.4, 0.5) is 5.82 Å². The van der Waals surface area contributed by atoms with Crippen molar-refractivity contribution in [3.05, 3.63) is 17.3 Å². The van der Waals surface area contributed by atoms with Crippen LogP contribution in [0.3, 0.4) is 0 Å². The Labute approximate surface area is 118 Å². The zero-order valence-corrected chi connectivity index (χ0v) is 11.6. The summed E-state index contributed by atoms with van der Waals surface area (Å²) in [5, 5.41) is 3.79. The third kappa shape index (κ3) is 4.76. The number of pyridine rings is 1. The molecule has 98 valence electrons. The number of ether oxygens (including phenoxy) is 1. The number of rotatable bonds is 2. The third-order valence-electron chi connectivity index (χ3n) is 2.42. The molecule has 0 bridgehead atoms. The molecular formula is C10H16Cl3N3O. The van der Waals surface area contributed by atoms with E-state index in [4.69, 9.17) is 22.1 Å². The maximum absolute atomic E-state index is 5.96. The number of nitrogen functional groups attached to an aromatic ring is 1. The Bertz CT molecular complexity index is 346. The standard InChI is InChI=1S/C10H14ClN3O.2ClH/c11-8-6-14-10(12)5-9(8)15-7-1-3-13-4-2-7;;/h5-7,13H,1-4H2,(H2,12,14);2*1H. The number of nitrogens with two attached hydrogens (primary N) is 1. The maximum Gasteiger partial charge on any atom is 0.143 e. The van der Waals surface area contributed by atoms with Crippen LogP contribution in [0.1, 0.15) is 12.8 Å². The first-order valence-corrected chi connectivity index (χ1v) is 5.42. The second kappa shape index (κ2) is 7.82. The quantitative estimate of drug-likeness (QED) is 0.880. The van der Waals surface area contributed by atoms with Gasteiger partial charge in [-0.1, -0.05) is 11.6 Å². The first kappa shape index (κ1) is 16.6. The molecule has 0 aromatic carbocycles. The van der Waals surface area contributed by atoms with Crippen LogP contribution in [-0.2, 0) is 0 Å². The fourth-order valence-corrected chi connectivity index (χ4v) is 1.77. The first-order valence-electron chi connectivity index (χ1n) is 5.04. The second-order valence-electron chi connectivity index (χ2n) is 3.61. The minimum absolute atomic E-state index is 0. The highest BCUT2D eigenvalue weighted by molar-refractivity contribution is 6.31. The number of nitrogens with one attached hydrogen (secondary N) is 1. The van der Waals surface area contributed by atoms with Gasteiger partial charge in [0.1, 0.15) is 22.7 Å². The van der Waals surface area contributed by atoms with Gasteiger partial charge >= 0.3 is 0 Å². The lowest BCUT2D eigenvalue weighted by molar-refractivity contribution is 0.162. The molecule has 0 spiro atoms. The fraction of sp³-hybridized carbons (Fsp3) is 0.500. The normalized spacial score (nSPS) is 15.6. The molecule has 1 aliphatic heterocycles. The average molecular weight is 301 g/mol. The second-order valence-corrected chi connectivity index (χ2v) is 4.01. The van der Waals surface area contributed by atoms with E-state index in [2.05, 4.69) is 10.3 Å². The predicted octanol–water partition coefficient (Wildman–Crippen LogP) is 2.29. The Kier molecular flexibility index (Phi) is 7.63. The van der Waals surface area contributed by atoms with Crippen molar-refractivity contribution in [1.29, 1.82) is 0 Å². The first-order chi connectivity index (χ1) is 7.25. The fourth-order valence-electron chi connectivity index (χ4n) is 1.62. The summed E-state index contributed by atoms with van der Waals surface area (Å²) < 4.78 is 5.77. The van der Waals surface area contributed by atoms with E-state index in [1.54, 1.807) is 6.07 Å². The van der Waals surface area contributed by atoms with Crippen molar-refractivity contribution in [3.63, 3.8) is 0 Å². The topological polar surface area (TPSA) is 60.2 Å². The number of hydrogen-bond donors (Lipinski definition) is 2. The molecule has 2 rings (SSSR count). The van der Waals surface area contributed by atoms with Crippen molar-refractivity contribution < 1.29 is 4.74 Å². The molecule has 0 aliphatic carbocycles. The Balaban J connectivity index is 0.00000128. The molecule has 0 unspecified atom stereocenters. The van der Waals surface area contributed by atoms with Gasteiger partial charge < -0.3 is 15.8 Å². The van der Waals surface area contributed by atoms with Gasteiger partial charge in [0.15, 0.2) is 0 Å². The third-order valence-corrected chi connectivity index (χ3v) is 2.70. The van der Waals surface area contributed by atoms with Crippen LogP contribution in [0.25, 0.3) is 0 Å². The molecule has 1 saturated heterocycles. The number of aromatic nitrogens is 1. The van der Waals surface area contributed by atoms with Gasteiger partial charge in [-0.15, -0.1) is 24.8 Å². The van der Waals surface area contributed by atoms with Crippen LogP contribution in [-0.4, -0.2) is 24.2 Å². The summed E-state index contributed by atoms with van der Waals surface area (Å²) in [5.74, 6) is 1.07. The monoisotopic (exact) mass is 299 g/mol. The number of anilines is 1. The molecule has 3 N–H and O–H groups in total. The van der Waals surface area contributed by atoms with Gasteiger partial charge in [-0.25, -0.2) is 4.98 Å². The van der Waals surface area contributed by atoms with E-state index in [0.717, 1.165) is 25.9 Å². The highest BCUT2D eigenvalue weighted by atomic mass is 35.5. The molecule has 0 amide bonds. The highest BCUT2D eigenvalue weighted by Crippen LogP contribution is 2.27. The number of piperidine rings is 1. The lowest BCUT2D eigenvalue weighted by Gasteiger charge is -2.24. The number of nitrogens with zero attached hydrogens (tertiary/aromatic N) is 1. The molecule has 2 heterocycles. The van der Waals surface area contributed by atoms with Crippen molar-refractivity contribution in [3.8, 4) is 5.75 Å². The van der Waals surface area contributed by atoms with Gasteiger partial charge in [-0.05, 0) is 25.9 Å². The van der Waals surface area contributed by atoms with Gasteiger partial charge in [0, 0.05) is 6.07 Å². The van der Waals surface area contributed by atoms with Crippen LogP contribution in [0.5, 0.6) is 5.75 Å². The van der Waals surface area contributed by atoms with Gasteiger partial charge in [-0.3, -0.25) is 0 Å². The Hall–Kier alpha value is -0.420. The molecular weight excluding hydrogens is 284 g/mol. The zero-order valence-electron chi connectivity index (χ0n) is 9.19. The largest absolute Gasteiger partial charge is 0.489 e. The van der Waals surface area contributed by atoms with Crippen molar-refractivity contribution in [2.45, 2.75) is 18.9 Å². The SMILES string of the molecule is Cl.Cl.Nc1cc(OC2CCNCC2)c(Cl)cn1. The maximum atomic E-state index is 5.96. The van der Waals surface area contributed by atoms with E-state index >= 15 is 0 Å². The average Bonchev–Trinajstić information content (AvgIpc) is 2.25. The van der Waals surface area contributed by atoms with Crippen molar-refractivity contribution in [1.82, 2.24) is 10.3 Å². The molecule has 1 aliphatic rings. The summed E-state index contributed by atoms with van der Waals surface area (Å²) >= 11 is 5.96. The van der Waals surface area contributed by atoms with Gasteiger partial charge in [-0.2, -0.15) is 0 Å². The van der Waals surface area contributed by atoms with Crippen LogP contribution in [0.2, 0.25) is 5.02 Å². The molecule has 1 aromatic rings. The summed E-state index contributed by atoms with van der Waals surface area (Å²) in [5.41, 5.74) is 5.57. The minimum Gasteiger partial charge on any atom is -0.489 e. The van der Waals surface area contributed by atoms with Gasteiger partial charge in [0.25, 0.3) is 0 Å². The van der Waals surface area contributed by atoms with Crippen molar-refractivity contribution in [2.24, 2.45) is 0 Å². The summed E-state index contributed by atoms with van der Waals surface area (Å²) in [4.78, 5) is 3.89. The zero-order chi connectivity index (χ0) is 10.7. The number of hydrogen-bond acceptors (Lipinski definition) is 4. The van der Waals surface area contributed by atoms with Crippen molar-refractivity contribution in [2.75, 3.05) is 18.8 Å². The van der Waals surface area contributed by atoms with E-state index in [9.17, 15) is 0 Å². The molecule has 4 nitrogen and oxygen atoms in total. The molecule has 0 radical (unpaired) electrons. The molecule has 17 heavy (non-hydrogen) atoms. The Morgan fingerprint density at radius 1 is 1.35 bits per heavy atom. The van der Waals surface area contributed by atoms with Crippen LogP contribution >= 0.6 is 36.4 Å². The molecule has 1 aromatic heterocycles. The van der Waals surface area contributed by atoms with Crippen LogP contribution in [0.15, 0.2) is 12.3 Å². The van der Waals surface area contributed by atoms with Gasteiger partial charge in [0.2, 0.25) is 0 Å². The van der Waals surface area contributed by atoms with E-state index < -0.39 is 0 Å². The number of halogens is 3. The Morgan fingerprint density at radius 3 is 2.65 bits per heavy atom. The van der Waals surface area contributed by atoms with E-state index in [-0.39, 0.29) is 30.9 Å². The summed E-state index contributed by atoms with van der Waals surface area (Å²) in [6.07, 6.45) is 3.75. The highest BCUT2D eigenvalue weighted by Gasteiger charge is 2.16. The molecule has 1 fully saturated rings. The Morgan fingerprint density at radius 2 is 2.00 bits per heavy atom. The van der Waals surface area contributed by atoms with Crippen LogP contribution in [0, 0.1) is 0 Å². The van der Waals surface area contributed by atoms with Gasteiger partial charge in [0.05, 0.1) is 6.20 Å². The van der Waals surface area contributed by atoms with Crippen LogP contribution < -0.4 is 15.8 Å². The van der Waals surface area contributed by atoms with E-state index in [0.29, 0.717) is 16.6 Å². The molecule has 0 atom stereocenters. The molecule has 7 heteroatoms. The van der Waals surface area contributed by atoms with E-state index in [1.807, 2.05) is 0 Å². The van der Waals surface area contributed by atoms with Crippen molar-refractivity contribution >= 4 is 42.2 Å². The summed E-state index contributed by atoms with van der Waals surface area (Å²) in [6, 6.07) is 1.67. The summed E-state index contributed by atoms with van der Waals surface area (Å²) in [7, 11) is 0.